The van der Waals surface area contributed by atoms with Crippen LogP contribution in [0.15, 0.2) is 0 Å². The van der Waals surface area contributed by atoms with Gasteiger partial charge in [-0.25, -0.2) is 0 Å². The van der Waals surface area contributed by atoms with Gasteiger partial charge >= 0.3 is 59.4 Å². The van der Waals surface area contributed by atoms with E-state index in [1.807, 2.05) is 6.92 Å². The molecule has 1 rings (SSSR count). The Morgan fingerprint density at radius 1 is 1.89 bits per heavy atom. The number of nitrogens with one attached hydrogen (secondary N) is 1. The van der Waals surface area contributed by atoms with Crippen LogP contribution < -0.4 is 5.32 Å². The maximum absolute atomic E-state index is 10.3. The second-order valence-electron chi connectivity index (χ2n) is 2.03. The molecule has 1 aliphatic heterocycles. The van der Waals surface area contributed by atoms with E-state index in [4.69, 9.17) is 5.11 Å². The second kappa shape index (κ2) is 2.69. The zero-order chi connectivity index (χ0) is 6.85. The minimum atomic E-state index is -0.707. The summed E-state index contributed by atoms with van der Waals surface area (Å²) in [6.45, 7) is 2.03. The van der Waals surface area contributed by atoms with E-state index in [9.17, 15) is 4.79 Å². The maximum atomic E-state index is 10.3. The zero-order valence-corrected chi connectivity index (χ0v) is 6.84. The SMILES string of the molecule is CC1N[C@H](C(=O)O)C[Se]1. The van der Waals surface area contributed by atoms with Gasteiger partial charge < -0.3 is 0 Å². The van der Waals surface area contributed by atoms with Crippen molar-refractivity contribution in [1.29, 1.82) is 0 Å². The first kappa shape index (κ1) is 7.06. The van der Waals surface area contributed by atoms with Gasteiger partial charge in [0.05, 0.1) is 0 Å². The summed E-state index contributed by atoms with van der Waals surface area (Å²) in [7, 11) is 0. The molecular weight excluding hydrogens is 185 g/mol. The van der Waals surface area contributed by atoms with Crippen molar-refractivity contribution in [2.45, 2.75) is 23.2 Å². The Bertz CT molecular complexity index is 128. The first-order valence-corrected chi connectivity index (χ1v) is 5.00. The molecule has 1 unspecified atom stereocenters. The number of carbonyl (C=O) groups is 1. The topological polar surface area (TPSA) is 49.3 Å². The van der Waals surface area contributed by atoms with Crippen molar-refractivity contribution < 1.29 is 9.90 Å². The molecule has 0 bridgehead atoms. The summed E-state index contributed by atoms with van der Waals surface area (Å²) >= 11 is 0.489. The third-order valence-electron chi connectivity index (χ3n) is 1.25. The number of carboxylic acids is 1. The third kappa shape index (κ3) is 1.68. The number of carboxylic acid groups (broad SMARTS) is 1. The summed E-state index contributed by atoms with van der Waals surface area (Å²) in [4.78, 5) is 10.7. The summed E-state index contributed by atoms with van der Waals surface area (Å²) in [6, 6.07) is -0.264. The van der Waals surface area contributed by atoms with Crippen molar-refractivity contribution in [1.82, 2.24) is 5.32 Å². The fourth-order valence-electron chi connectivity index (χ4n) is 0.763. The Hall–Kier alpha value is -0.0505. The second-order valence-corrected chi connectivity index (χ2v) is 4.92. The molecule has 2 atom stereocenters. The average molecular weight is 194 g/mol. The summed E-state index contributed by atoms with van der Waals surface area (Å²) in [6.07, 6.45) is 0. The van der Waals surface area contributed by atoms with Crippen molar-refractivity contribution in [3.63, 3.8) is 0 Å². The fraction of sp³-hybridized carbons (Fsp3) is 0.800. The molecule has 0 saturated carbocycles. The molecule has 1 heterocycles. The molecule has 0 radical (unpaired) electrons. The van der Waals surface area contributed by atoms with E-state index in [0.717, 1.165) is 5.32 Å². The number of hydrogen-bond acceptors (Lipinski definition) is 2. The van der Waals surface area contributed by atoms with Crippen molar-refractivity contribution in [2.24, 2.45) is 0 Å². The molecule has 0 aromatic carbocycles. The molecule has 1 saturated heterocycles. The van der Waals surface area contributed by atoms with Crippen LogP contribution in [0.3, 0.4) is 0 Å². The van der Waals surface area contributed by atoms with Crippen LogP contribution in [-0.4, -0.2) is 37.0 Å². The number of aliphatic carboxylic acids is 1. The van der Waals surface area contributed by atoms with Gasteiger partial charge in [-0.3, -0.25) is 0 Å². The van der Waals surface area contributed by atoms with Crippen LogP contribution in [0.1, 0.15) is 6.92 Å². The Balaban J connectivity index is 2.39. The molecule has 4 heteroatoms. The van der Waals surface area contributed by atoms with Crippen molar-refractivity contribution in [3.8, 4) is 0 Å². The van der Waals surface area contributed by atoms with Gasteiger partial charge in [-0.05, 0) is 0 Å². The predicted molar refractivity (Wildman–Crippen MR) is 34.6 cm³/mol. The molecule has 0 amide bonds. The van der Waals surface area contributed by atoms with E-state index in [-0.39, 0.29) is 6.04 Å². The Morgan fingerprint density at radius 2 is 2.56 bits per heavy atom. The molecule has 0 aromatic rings. The van der Waals surface area contributed by atoms with Crippen LogP contribution >= 0.6 is 0 Å². The van der Waals surface area contributed by atoms with E-state index in [1.165, 1.54) is 0 Å². The molecule has 3 nitrogen and oxygen atoms in total. The van der Waals surface area contributed by atoms with Gasteiger partial charge in [0.15, 0.2) is 0 Å². The number of hydrogen-bond donors (Lipinski definition) is 2. The number of rotatable bonds is 1. The summed E-state index contributed by atoms with van der Waals surface area (Å²) in [5.41, 5.74) is 0. The Labute approximate surface area is 60.0 Å². The standard InChI is InChI=1S/C5H9NO2Se/c1-3-6-4(2-9-3)5(7)8/h3-4,6H,2H2,1H3,(H,7,8)/t3?,4-/m0/s1. The monoisotopic (exact) mass is 195 g/mol. The molecule has 1 fully saturated rings. The van der Waals surface area contributed by atoms with E-state index in [1.54, 1.807) is 0 Å². The van der Waals surface area contributed by atoms with Crippen LogP contribution in [0.4, 0.5) is 0 Å². The van der Waals surface area contributed by atoms with Crippen LogP contribution in [0, 0.1) is 0 Å². The summed E-state index contributed by atoms with van der Waals surface area (Å²) < 4.78 is 0. The van der Waals surface area contributed by atoms with Crippen molar-refractivity contribution in [2.75, 3.05) is 0 Å². The van der Waals surface area contributed by atoms with E-state index in [2.05, 4.69) is 5.32 Å². The van der Waals surface area contributed by atoms with Gasteiger partial charge in [-0.2, -0.15) is 0 Å². The van der Waals surface area contributed by atoms with Crippen LogP contribution in [-0.2, 0) is 4.79 Å². The predicted octanol–water partition coefficient (Wildman–Crippen LogP) is -0.489. The normalized spacial score (nSPS) is 34.8. The van der Waals surface area contributed by atoms with Crippen LogP contribution in [0.5, 0.6) is 0 Å². The molecule has 9 heavy (non-hydrogen) atoms. The quantitative estimate of drug-likeness (QED) is 0.554. The summed E-state index contributed by atoms with van der Waals surface area (Å²) in [5.74, 6) is -0.707. The zero-order valence-electron chi connectivity index (χ0n) is 5.13. The van der Waals surface area contributed by atoms with E-state index >= 15 is 0 Å². The van der Waals surface area contributed by atoms with Crippen LogP contribution in [0.25, 0.3) is 0 Å². The van der Waals surface area contributed by atoms with E-state index in [0.29, 0.717) is 19.9 Å². The van der Waals surface area contributed by atoms with Gasteiger partial charge in [-0.1, -0.05) is 0 Å². The van der Waals surface area contributed by atoms with Gasteiger partial charge in [0.25, 0.3) is 0 Å². The molecular formula is C5H9NO2Se. The first-order valence-electron chi connectivity index (χ1n) is 2.80. The Morgan fingerprint density at radius 3 is 2.78 bits per heavy atom. The van der Waals surface area contributed by atoms with Gasteiger partial charge in [-0.15, -0.1) is 0 Å². The van der Waals surface area contributed by atoms with Crippen LogP contribution in [0.2, 0.25) is 5.32 Å². The van der Waals surface area contributed by atoms with Crippen molar-refractivity contribution in [3.05, 3.63) is 0 Å². The van der Waals surface area contributed by atoms with Gasteiger partial charge in [0.1, 0.15) is 0 Å². The molecule has 0 aromatic heterocycles. The molecule has 1 aliphatic rings. The molecule has 0 aliphatic carbocycles. The minimum absolute atomic E-state index is 0.264. The fourth-order valence-corrected chi connectivity index (χ4v) is 2.82. The third-order valence-corrected chi connectivity index (χ3v) is 3.68. The summed E-state index contributed by atoms with van der Waals surface area (Å²) in [5, 5.41) is 12.3. The van der Waals surface area contributed by atoms with Gasteiger partial charge in [0.2, 0.25) is 0 Å². The molecule has 2 N–H and O–H groups in total. The van der Waals surface area contributed by atoms with Gasteiger partial charge in [0, 0.05) is 0 Å². The Kier molecular flexibility index (Phi) is 2.11. The average Bonchev–Trinajstić information content (AvgIpc) is 2.14. The molecule has 52 valence electrons. The van der Waals surface area contributed by atoms with E-state index < -0.39 is 5.97 Å². The first-order chi connectivity index (χ1) is 4.20. The van der Waals surface area contributed by atoms with Crippen molar-refractivity contribution >= 4 is 20.9 Å². The molecule has 0 spiro atoms.